The van der Waals surface area contributed by atoms with Crippen molar-refractivity contribution in [3.05, 3.63) is 30.1 Å². The van der Waals surface area contributed by atoms with E-state index in [1.54, 1.807) is 18.2 Å². The Kier molecular flexibility index (Phi) is 4.74. The van der Waals surface area contributed by atoms with Crippen molar-refractivity contribution in [2.24, 2.45) is 5.73 Å². The van der Waals surface area contributed by atoms with Crippen molar-refractivity contribution in [2.45, 2.75) is 25.3 Å². The lowest BCUT2D eigenvalue weighted by Gasteiger charge is -2.22. The van der Waals surface area contributed by atoms with Gasteiger partial charge in [0.2, 0.25) is 5.91 Å². The third-order valence-corrected chi connectivity index (χ3v) is 3.40. The van der Waals surface area contributed by atoms with Crippen molar-refractivity contribution in [1.29, 1.82) is 0 Å². The van der Waals surface area contributed by atoms with E-state index in [-0.39, 0.29) is 17.8 Å². The molecule has 1 aromatic rings. The minimum absolute atomic E-state index is 0.0942. The molecule has 1 saturated heterocycles. The van der Waals surface area contributed by atoms with Gasteiger partial charge < -0.3 is 16.0 Å². The highest BCUT2D eigenvalue weighted by Gasteiger charge is 2.21. The van der Waals surface area contributed by atoms with Gasteiger partial charge in [-0.25, -0.2) is 4.39 Å². The fraction of sp³-hybridized carbons (Fsp3) is 0.500. The summed E-state index contributed by atoms with van der Waals surface area (Å²) in [4.78, 5) is 13.9. The average Bonchev–Trinajstić information content (AvgIpc) is 2.94. The van der Waals surface area contributed by atoms with E-state index in [0.717, 1.165) is 25.9 Å². The zero-order valence-corrected chi connectivity index (χ0v) is 10.9. The van der Waals surface area contributed by atoms with Crippen molar-refractivity contribution in [1.82, 2.24) is 4.90 Å². The summed E-state index contributed by atoms with van der Waals surface area (Å²) in [5.41, 5.74) is 6.06. The fourth-order valence-electron chi connectivity index (χ4n) is 2.30. The highest BCUT2D eigenvalue weighted by Crippen LogP contribution is 2.16. The molecule has 1 amide bonds. The summed E-state index contributed by atoms with van der Waals surface area (Å²) in [6.45, 7) is 1.96. The molecule has 1 aliphatic heterocycles. The van der Waals surface area contributed by atoms with Gasteiger partial charge in [-0.1, -0.05) is 12.1 Å². The van der Waals surface area contributed by atoms with Gasteiger partial charge in [0, 0.05) is 32.1 Å². The number of nitrogens with one attached hydrogen (secondary N) is 1. The van der Waals surface area contributed by atoms with Crippen LogP contribution in [0.2, 0.25) is 0 Å². The number of likely N-dealkylation sites (tertiary alicyclic amines) is 1. The van der Waals surface area contributed by atoms with Crippen LogP contribution in [-0.2, 0) is 4.79 Å². The first-order chi connectivity index (χ1) is 9.20. The van der Waals surface area contributed by atoms with Crippen molar-refractivity contribution in [3.8, 4) is 0 Å². The maximum absolute atomic E-state index is 13.5. The zero-order chi connectivity index (χ0) is 13.7. The van der Waals surface area contributed by atoms with E-state index in [1.165, 1.54) is 6.07 Å². The van der Waals surface area contributed by atoms with Crippen LogP contribution in [0.25, 0.3) is 0 Å². The lowest BCUT2D eigenvalue weighted by atomic mass is 10.1. The number of nitrogens with two attached hydrogens (primary N) is 1. The summed E-state index contributed by atoms with van der Waals surface area (Å²) in [5, 5.41) is 3.00. The van der Waals surface area contributed by atoms with Crippen LogP contribution in [0.15, 0.2) is 24.3 Å². The van der Waals surface area contributed by atoms with E-state index in [4.69, 9.17) is 5.73 Å². The van der Waals surface area contributed by atoms with Gasteiger partial charge in [0.15, 0.2) is 0 Å². The number of amides is 1. The highest BCUT2D eigenvalue weighted by molar-refractivity contribution is 5.77. The largest absolute Gasteiger partial charge is 0.378 e. The zero-order valence-electron chi connectivity index (χ0n) is 10.9. The van der Waals surface area contributed by atoms with Crippen LogP contribution in [0, 0.1) is 5.82 Å². The van der Waals surface area contributed by atoms with Gasteiger partial charge in [0.05, 0.1) is 5.69 Å². The quantitative estimate of drug-likeness (QED) is 0.849. The molecule has 0 aliphatic carbocycles. The molecule has 0 aromatic heterocycles. The summed E-state index contributed by atoms with van der Waals surface area (Å²) < 4.78 is 13.5. The normalized spacial score (nSPS) is 16.4. The fourth-order valence-corrected chi connectivity index (χ4v) is 2.30. The number of carbonyl (C=O) groups excluding carboxylic acids is 1. The molecule has 1 fully saturated rings. The first-order valence-corrected chi connectivity index (χ1v) is 6.69. The molecule has 4 nitrogen and oxygen atoms in total. The average molecular weight is 265 g/mol. The highest BCUT2D eigenvalue weighted by atomic mass is 19.1. The second-order valence-electron chi connectivity index (χ2n) is 4.85. The number of benzene rings is 1. The molecular weight excluding hydrogens is 245 g/mol. The van der Waals surface area contributed by atoms with E-state index >= 15 is 0 Å². The molecule has 0 saturated carbocycles. The van der Waals surface area contributed by atoms with E-state index in [0.29, 0.717) is 18.7 Å². The van der Waals surface area contributed by atoms with Gasteiger partial charge in [-0.3, -0.25) is 4.79 Å². The number of carbonyl (C=O) groups is 1. The molecule has 0 radical (unpaired) electrons. The van der Waals surface area contributed by atoms with Crippen LogP contribution in [-0.4, -0.2) is 36.5 Å². The molecule has 19 heavy (non-hydrogen) atoms. The number of nitrogens with zero attached hydrogens (tertiary/aromatic N) is 1. The summed E-state index contributed by atoms with van der Waals surface area (Å²) in [6, 6.07) is 6.19. The molecule has 2 rings (SSSR count). The maximum Gasteiger partial charge on any atom is 0.224 e. The smallest absolute Gasteiger partial charge is 0.224 e. The third kappa shape index (κ3) is 3.67. The van der Waals surface area contributed by atoms with Gasteiger partial charge in [-0.05, 0) is 25.0 Å². The Morgan fingerprint density at radius 1 is 1.37 bits per heavy atom. The Hall–Kier alpha value is -1.62. The van der Waals surface area contributed by atoms with Crippen LogP contribution in [0.1, 0.15) is 19.3 Å². The Bertz CT molecular complexity index is 432. The number of anilines is 1. The Morgan fingerprint density at radius 2 is 2.05 bits per heavy atom. The lowest BCUT2D eigenvalue weighted by Crippen LogP contribution is -2.37. The van der Waals surface area contributed by atoms with Crippen LogP contribution in [0.5, 0.6) is 0 Å². The summed E-state index contributed by atoms with van der Waals surface area (Å²) in [5.74, 6) is -0.230. The Morgan fingerprint density at radius 3 is 2.68 bits per heavy atom. The summed E-state index contributed by atoms with van der Waals surface area (Å²) in [6.07, 6.45) is 2.45. The van der Waals surface area contributed by atoms with Gasteiger partial charge in [0.25, 0.3) is 0 Å². The molecule has 3 N–H and O–H groups in total. The van der Waals surface area contributed by atoms with E-state index in [9.17, 15) is 9.18 Å². The summed E-state index contributed by atoms with van der Waals surface area (Å²) >= 11 is 0. The lowest BCUT2D eigenvalue weighted by molar-refractivity contribution is -0.130. The second kappa shape index (κ2) is 6.52. The molecule has 0 bridgehead atoms. The minimum atomic E-state index is -0.324. The Labute approximate surface area is 112 Å². The van der Waals surface area contributed by atoms with Gasteiger partial charge in [-0.15, -0.1) is 0 Å². The topological polar surface area (TPSA) is 58.4 Å². The number of halogens is 1. The second-order valence-corrected chi connectivity index (χ2v) is 4.85. The van der Waals surface area contributed by atoms with Gasteiger partial charge in [-0.2, -0.15) is 0 Å². The predicted molar refractivity (Wildman–Crippen MR) is 73.3 cm³/mol. The van der Waals surface area contributed by atoms with E-state index in [1.807, 2.05) is 4.90 Å². The molecule has 1 aromatic carbocycles. The van der Waals surface area contributed by atoms with Crippen molar-refractivity contribution >= 4 is 11.6 Å². The van der Waals surface area contributed by atoms with Crippen LogP contribution < -0.4 is 11.1 Å². The number of hydrogen-bond donors (Lipinski definition) is 2. The first-order valence-electron chi connectivity index (χ1n) is 6.69. The number of para-hydroxylation sites is 1. The van der Waals surface area contributed by atoms with Gasteiger partial charge in [0.1, 0.15) is 5.82 Å². The number of rotatable bonds is 5. The van der Waals surface area contributed by atoms with Crippen LogP contribution >= 0.6 is 0 Å². The number of hydrogen-bond acceptors (Lipinski definition) is 3. The van der Waals surface area contributed by atoms with Gasteiger partial charge >= 0.3 is 0 Å². The molecular formula is C14H20FN3O. The van der Waals surface area contributed by atoms with Crippen molar-refractivity contribution < 1.29 is 9.18 Å². The summed E-state index contributed by atoms with van der Waals surface area (Å²) in [7, 11) is 0. The molecule has 5 heteroatoms. The molecule has 1 aliphatic rings. The molecule has 0 spiro atoms. The molecule has 104 valence electrons. The molecule has 1 heterocycles. The SMILES string of the molecule is NCC(CC(=O)N1CCCC1)Nc1ccccc1F. The van der Waals surface area contributed by atoms with E-state index in [2.05, 4.69) is 5.32 Å². The molecule has 1 atom stereocenters. The first kappa shape index (κ1) is 13.8. The third-order valence-electron chi connectivity index (χ3n) is 3.40. The minimum Gasteiger partial charge on any atom is -0.378 e. The van der Waals surface area contributed by atoms with Crippen molar-refractivity contribution in [2.75, 3.05) is 25.0 Å². The molecule has 1 unspecified atom stereocenters. The predicted octanol–water partition coefficient (Wildman–Crippen LogP) is 1.58. The maximum atomic E-state index is 13.5. The monoisotopic (exact) mass is 265 g/mol. The van der Waals surface area contributed by atoms with Crippen molar-refractivity contribution in [3.63, 3.8) is 0 Å². The van der Waals surface area contributed by atoms with Crippen LogP contribution in [0.4, 0.5) is 10.1 Å². The Balaban J connectivity index is 1.93. The van der Waals surface area contributed by atoms with E-state index < -0.39 is 0 Å². The standard InChI is InChI=1S/C14H20FN3O/c15-12-5-1-2-6-13(12)17-11(10-16)9-14(19)18-7-3-4-8-18/h1-2,5-6,11,17H,3-4,7-10,16H2. The van der Waals surface area contributed by atoms with Crippen LogP contribution in [0.3, 0.4) is 0 Å².